The molecule has 2 heterocycles. The van der Waals surface area contributed by atoms with Gasteiger partial charge in [0.05, 0.1) is 18.8 Å². The van der Waals surface area contributed by atoms with Crippen LogP contribution in [0.5, 0.6) is 0 Å². The summed E-state index contributed by atoms with van der Waals surface area (Å²) in [7, 11) is 1.72. The van der Waals surface area contributed by atoms with Gasteiger partial charge in [-0.25, -0.2) is 0 Å². The number of hydrogen-bond acceptors (Lipinski definition) is 5. The smallest absolute Gasteiger partial charge is 0.0741 e. The Labute approximate surface area is 115 Å². The Morgan fingerprint density at radius 2 is 2.05 bits per heavy atom. The molecule has 19 heavy (non-hydrogen) atoms. The summed E-state index contributed by atoms with van der Waals surface area (Å²) < 4.78 is 16.7. The molecule has 0 radical (unpaired) electrons. The molecule has 1 unspecified atom stereocenters. The second-order valence-corrected chi connectivity index (χ2v) is 5.54. The molecule has 1 spiro atoms. The van der Waals surface area contributed by atoms with Crippen LogP contribution >= 0.6 is 0 Å². The molecule has 2 rings (SSSR count). The molecule has 1 atom stereocenters. The van der Waals surface area contributed by atoms with E-state index in [1.807, 2.05) is 0 Å². The van der Waals surface area contributed by atoms with Crippen molar-refractivity contribution < 1.29 is 19.3 Å². The van der Waals surface area contributed by atoms with E-state index in [0.717, 1.165) is 58.6 Å². The molecule has 0 aliphatic carbocycles. The molecule has 0 aromatic rings. The fraction of sp³-hybridized carbons (Fsp3) is 1.00. The lowest BCUT2D eigenvalue weighted by Crippen LogP contribution is -2.52. The molecule has 2 aliphatic rings. The SMILES string of the molecule is COCCN(CCO)C1CCOC2(CCOCC2)C1. The van der Waals surface area contributed by atoms with Gasteiger partial charge in [0.25, 0.3) is 0 Å². The third-order valence-corrected chi connectivity index (χ3v) is 4.36. The molecule has 5 heteroatoms. The van der Waals surface area contributed by atoms with E-state index >= 15 is 0 Å². The number of rotatable bonds is 6. The Morgan fingerprint density at radius 1 is 1.26 bits per heavy atom. The lowest BCUT2D eigenvalue weighted by molar-refractivity contribution is -0.152. The maximum atomic E-state index is 9.23. The summed E-state index contributed by atoms with van der Waals surface area (Å²) in [5, 5.41) is 9.23. The number of aliphatic hydroxyl groups is 1. The van der Waals surface area contributed by atoms with Crippen molar-refractivity contribution in [2.24, 2.45) is 0 Å². The third-order valence-electron chi connectivity index (χ3n) is 4.36. The van der Waals surface area contributed by atoms with Crippen molar-refractivity contribution in [3.8, 4) is 0 Å². The van der Waals surface area contributed by atoms with Crippen LogP contribution in [-0.2, 0) is 14.2 Å². The number of ether oxygens (including phenoxy) is 3. The molecule has 2 fully saturated rings. The first-order valence-corrected chi connectivity index (χ1v) is 7.35. The Balaban J connectivity index is 1.93. The van der Waals surface area contributed by atoms with Gasteiger partial charge in [0.2, 0.25) is 0 Å². The molecule has 2 aliphatic heterocycles. The van der Waals surface area contributed by atoms with Gasteiger partial charge in [0.1, 0.15) is 0 Å². The normalized spacial score (nSPS) is 27.0. The van der Waals surface area contributed by atoms with Crippen molar-refractivity contribution in [3.63, 3.8) is 0 Å². The van der Waals surface area contributed by atoms with E-state index in [1.165, 1.54) is 0 Å². The van der Waals surface area contributed by atoms with Gasteiger partial charge >= 0.3 is 0 Å². The van der Waals surface area contributed by atoms with E-state index in [0.29, 0.717) is 12.6 Å². The zero-order valence-electron chi connectivity index (χ0n) is 12.0. The van der Waals surface area contributed by atoms with Gasteiger partial charge < -0.3 is 19.3 Å². The second kappa shape index (κ2) is 7.55. The molecule has 112 valence electrons. The highest BCUT2D eigenvalue weighted by atomic mass is 16.5. The molecule has 2 saturated heterocycles. The van der Waals surface area contributed by atoms with Crippen LogP contribution in [0, 0.1) is 0 Å². The van der Waals surface area contributed by atoms with Gasteiger partial charge in [-0.1, -0.05) is 0 Å². The molecule has 0 aromatic heterocycles. The van der Waals surface area contributed by atoms with Crippen LogP contribution in [-0.4, -0.2) is 74.9 Å². The van der Waals surface area contributed by atoms with Crippen LogP contribution in [0.25, 0.3) is 0 Å². The lowest BCUT2D eigenvalue weighted by atomic mass is 9.83. The Kier molecular flexibility index (Phi) is 6.04. The monoisotopic (exact) mass is 273 g/mol. The molecule has 5 nitrogen and oxygen atoms in total. The van der Waals surface area contributed by atoms with Crippen LogP contribution in [0.15, 0.2) is 0 Å². The molecule has 1 N–H and O–H groups in total. The van der Waals surface area contributed by atoms with E-state index in [1.54, 1.807) is 7.11 Å². The fourth-order valence-corrected chi connectivity index (χ4v) is 3.22. The quantitative estimate of drug-likeness (QED) is 0.770. The summed E-state index contributed by atoms with van der Waals surface area (Å²) in [6.45, 7) is 4.97. The summed E-state index contributed by atoms with van der Waals surface area (Å²) in [5.41, 5.74) is 0.0158. The number of aliphatic hydroxyl groups excluding tert-OH is 1. The van der Waals surface area contributed by atoms with Crippen molar-refractivity contribution in [1.29, 1.82) is 0 Å². The van der Waals surface area contributed by atoms with E-state index in [2.05, 4.69) is 4.90 Å². The zero-order valence-corrected chi connectivity index (χ0v) is 12.0. The predicted octanol–water partition coefficient (Wildman–Crippen LogP) is 0.655. The van der Waals surface area contributed by atoms with Crippen LogP contribution in [0.4, 0.5) is 0 Å². The van der Waals surface area contributed by atoms with Crippen LogP contribution < -0.4 is 0 Å². The predicted molar refractivity (Wildman–Crippen MR) is 72.3 cm³/mol. The highest BCUT2D eigenvalue weighted by Crippen LogP contribution is 2.35. The van der Waals surface area contributed by atoms with Crippen molar-refractivity contribution in [2.45, 2.75) is 37.3 Å². The van der Waals surface area contributed by atoms with Gasteiger partial charge in [-0.2, -0.15) is 0 Å². The highest BCUT2D eigenvalue weighted by molar-refractivity contribution is 4.92. The molecular formula is C14H27NO4. The Bertz CT molecular complexity index is 250. The first-order valence-electron chi connectivity index (χ1n) is 7.35. The first kappa shape index (κ1) is 15.2. The van der Waals surface area contributed by atoms with E-state index < -0.39 is 0 Å². The first-order chi connectivity index (χ1) is 9.29. The summed E-state index contributed by atoms with van der Waals surface area (Å²) in [6.07, 6.45) is 4.11. The second-order valence-electron chi connectivity index (χ2n) is 5.54. The Morgan fingerprint density at radius 3 is 2.74 bits per heavy atom. The minimum atomic E-state index is 0.0158. The Hall–Kier alpha value is -0.200. The number of methoxy groups -OCH3 is 1. The maximum Gasteiger partial charge on any atom is 0.0741 e. The minimum absolute atomic E-state index is 0.0158. The summed E-state index contributed by atoms with van der Waals surface area (Å²) >= 11 is 0. The molecular weight excluding hydrogens is 246 g/mol. The summed E-state index contributed by atoms with van der Waals surface area (Å²) in [4.78, 5) is 2.35. The standard InChI is InChI=1S/C14H27NO4/c1-17-11-6-15(5-7-16)13-2-8-19-14(12-13)3-9-18-10-4-14/h13,16H,2-12H2,1H3. The average molecular weight is 273 g/mol. The maximum absolute atomic E-state index is 9.23. The minimum Gasteiger partial charge on any atom is -0.395 e. The molecule has 0 amide bonds. The number of nitrogens with zero attached hydrogens (tertiary/aromatic N) is 1. The summed E-state index contributed by atoms with van der Waals surface area (Å²) in [5.74, 6) is 0. The summed E-state index contributed by atoms with van der Waals surface area (Å²) in [6, 6.07) is 0.495. The van der Waals surface area contributed by atoms with Gasteiger partial charge in [-0.05, 0) is 25.7 Å². The average Bonchev–Trinajstić information content (AvgIpc) is 2.44. The van der Waals surface area contributed by atoms with Crippen molar-refractivity contribution in [3.05, 3.63) is 0 Å². The van der Waals surface area contributed by atoms with Crippen LogP contribution in [0.2, 0.25) is 0 Å². The fourth-order valence-electron chi connectivity index (χ4n) is 3.22. The van der Waals surface area contributed by atoms with Gasteiger partial charge in [-0.15, -0.1) is 0 Å². The number of hydrogen-bond donors (Lipinski definition) is 1. The topological polar surface area (TPSA) is 51.2 Å². The van der Waals surface area contributed by atoms with E-state index in [9.17, 15) is 5.11 Å². The highest BCUT2D eigenvalue weighted by Gasteiger charge is 2.40. The third kappa shape index (κ3) is 4.13. The van der Waals surface area contributed by atoms with Gasteiger partial charge in [-0.3, -0.25) is 4.90 Å². The van der Waals surface area contributed by atoms with Crippen LogP contribution in [0.3, 0.4) is 0 Å². The van der Waals surface area contributed by atoms with E-state index in [-0.39, 0.29) is 12.2 Å². The van der Waals surface area contributed by atoms with Crippen molar-refractivity contribution >= 4 is 0 Å². The molecule has 0 saturated carbocycles. The van der Waals surface area contributed by atoms with Crippen LogP contribution in [0.1, 0.15) is 25.7 Å². The van der Waals surface area contributed by atoms with Crippen molar-refractivity contribution in [2.75, 3.05) is 53.2 Å². The zero-order chi connectivity index (χ0) is 13.6. The molecule has 0 aromatic carbocycles. The van der Waals surface area contributed by atoms with E-state index in [4.69, 9.17) is 14.2 Å². The van der Waals surface area contributed by atoms with Gasteiger partial charge in [0, 0.05) is 46.1 Å². The lowest BCUT2D eigenvalue weighted by Gasteiger charge is -2.46. The molecule has 0 bridgehead atoms. The van der Waals surface area contributed by atoms with Crippen molar-refractivity contribution in [1.82, 2.24) is 4.90 Å². The largest absolute Gasteiger partial charge is 0.395 e. The van der Waals surface area contributed by atoms with Gasteiger partial charge in [0.15, 0.2) is 0 Å².